The number of benzene rings is 2. The third-order valence-corrected chi connectivity index (χ3v) is 7.95. The van der Waals surface area contributed by atoms with Crippen molar-refractivity contribution in [2.75, 3.05) is 11.5 Å². The first kappa shape index (κ1) is 23.4. The predicted molar refractivity (Wildman–Crippen MR) is 143 cm³/mol. The number of carbonyl (C=O) groups excluding carboxylic acids is 2. The first-order valence-corrected chi connectivity index (χ1v) is 13.2. The van der Waals surface area contributed by atoms with Crippen molar-refractivity contribution in [2.24, 2.45) is 0 Å². The molecular formula is C29H25N3O4S. The number of aliphatic hydroxyl groups excluding tert-OH is 1. The molecule has 8 heteroatoms. The van der Waals surface area contributed by atoms with E-state index in [1.165, 1.54) is 27.4 Å². The fourth-order valence-corrected chi connectivity index (χ4v) is 6.19. The third-order valence-electron chi connectivity index (χ3n) is 6.93. The molecule has 1 unspecified atom stereocenters. The van der Waals surface area contributed by atoms with E-state index in [9.17, 15) is 14.7 Å². The molecule has 1 fully saturated rings. The summed E-state index contributed by atoms with van der Waals surface area (Å²) in [6.45, 7) is 2.45. The van der Waals surface area contributed by atoms with Crippen molar-refractivity contribution in [3.8, 4) is 5.75 Å². The van der Waals surface area contributed by atoms with E-state index >= 15 is 0 Å². The molecule has 1 aliphatic heterocycles. The number of ether oxygens (including phenoxy) is 1. The number of carbonyl (C=O) groups is 2. The molecule has 4 aromatic rings. The van der Waals surface area contributed by atoms with Gasteiger partial charge in [0, 0.05) is 18.0 Å². The number of amides is 1. The monoisotopic (exact) mass is 511 g/mol. The zero-order valence-corrected chi connectivity index (χ0v) is 21.1. The van der Waals surface area contributed by atoms with Gasteiger partial charge in [0.2, 0.25) is 0 Å². The lowest BCUT2D eigenvalue weighted by molar-refractivity contribution is -0.132. The average molecular weight is 512 g/mol. The zero-order chi connectivity index (χ0) is 25.5. The summed E-state index contributed by atoms with van der Waals surface area (Å²) in [6.07, 6.45) is 7.44. The minimum absolute atomic E-state index is 0.0445. The molecule has 1 N–H and O–H groups in total. The van der Waals surface area contributed by atoms with E-state index in [1.807, 2.05) is 43.3 Å². The first-order chi connectivity index (χ1) is 18.0. The molecule has 3 heterocycles. The Hall–Kier alpha value is -4.04. The highest BCUT2D eigenvalue weighted by Gasteiger charge is 2.48. The van der Waals surface area contributed by atoms with Gasteiger partial charge in [-0.1, -0.05) is 29.5 Å². The second-order valence-electron chi connectivity index (χ2n) is 9.21. The molecule has 2 aromatic heterocycles. The van der Waals surface area contributed by atoms with E-state index < -0.39 is 17.7 Å². The second-order valence-corrected chi connectivity index (χ2v) is 10.2. The smallest absolute Gasteiger partial charge is 0.301 e. The summed E-state index contributed by atoms with van der Waals surface area (Å²) >= 11 is 1.30. The fraction of sp³-hybridized carbons (Fsp3) is 0.241. The first-order valence-electron chi connectivity index (χ1n) is 12.4. The summed E-state index contributed by atoms with van der Waals surface area (Å²) in [5.74, 6) is -0.929. The van der Waals surface area contributed by atoms with E-state index in [-0.39, 0.29) is 11.3 Å². The number of pyridine rings is 1. The molecule has 0 spiro atoms. The van der Waals surface area contributed by atoms with Crippen LogP contribution in [0.1, 0.15) is 48.1 Å². The summed E-state index contributed by atoms with van der Waals surface area (Å²) in [7, 11) is 0. The highest BCUT2D eigenvalue weighted by Crippen LogP contribution is 2.44. The number of hydrogen-bond acceptors (Lipinski definition) is 7. The summed E-state index contributed by atoms with van der Waals surface area (Å²) in [6, 6.07) is 14.0. The number of Topliss-reactive ketones (excluding diaryl/α,β-unsaturated/α-hetero) is 1. The van der Waals surface area contributed by atoms with Gasteiger partial charge in [0.1, 0.15) is 11.5 Å². The van der Waals surface area contributed by atoms with Crippen molar-refractivity contribution in [3.63, 3.8) is 0 Å². The molecular weight excluding hydrogens is 486 g/mol. The Labute approximate surface area is 218 Å². The Morgan fingerprint density at radius 1 is 1.11 bits per heavy atom. The van der Waals surface area contributed by atoms with Crippen LogP contribution in [0, 0.1) is 0 Å². The number of rotatable bonds is 5. The summed E-state index contributed by atoms with van der Waals surface area (Å²) in [5, 5.41) is 11.8. The van der Waals surface area contributed by atoms with Gasteiger partial charge in [-0.15, -0.1) is 0 Å². The van der Waals surface area contributed by atoms with Crippen LogP contribution in [-0.2, 0) is 22.4 Å². The summed E-state index contributed by atoms with van der Waals surface area (Å²) < 4.78 is 6.45. The van der Waals surface area contributed by atoms with Gasteiger partial charge in [-0.25, -0.2) is 4.98 Å². The number of aliphatic hydroxyl groups is 1. The van der Waals surface area contributed by atoms with Crippen LogP contribution in [0.4, 0.5) is 5.13 Å². The lowest BCUT2D eigenvalue weighted by Crippen LogP contribution is -2.29. The molecule has 2 aliphatic rings. The molecule has 1 aliphatic carbocycles. The Bertz CT molecular complexity index is 1560. The molecule has 1 saturated heterocycles. The van der Waals surface area contributed by atoms with Gasteiger partial charge in [0.25, 0.3) is 5.78 Å². The van der Waals surface area contributed by atoms with E-state index in [4.69, 9.17) is 4.74 Å². The van der Waals surface area contributed by atoms with Crippen molar-refractivity contribution < 1.29 is 19.4 Å². The number of anilines is 1. The minimum atomic E-state index is -0.850. The molecule has 0 saturated carbocycles. The number of aromatic nitrogens is 2. The van der Waals surface area contributed by atoms with Crippen molar-refractivity contribution in [1.29, 1.82) is 0 Å². The van der Waals surface area contributed by atoms with Crippen molar-refractivity contribution >= 4 is 44.1 Å². The SMILES string of the molecule is CCOc1ccc2nc(N3C(=O)C(=O)/C(=C(/O)c4ccc5c(c4)CCCC5)C3c3cccnc3)sc2c1. The highest BCUT2D eigenvalue weighted by molar-refractivity contribution is 7.22. The van der Waals surface area contributed by atoms with Gasteiger partial charge in [0.15, 0.2) is 5.13 Å². The van der Waals surface area contributed by atoms with Crippen LogP contribution in [0.2, 0.25) is 0 Å². The van der Waals surface area contributed by atoms with Crippen LogP contribution in [0.25, 0.3) is 16.0 Å². The van der Waals surface area contributed by atoms with Gasteiger partial charge in [-0.05, 0) is 79.6 Å². The molecule has 7 nitrogen and oxygen atoms in total. The van der Waals surface area contributed by atoms with Crippen molar-refractivity contribution in [3.05, 3.63) is 88.8 Å². The normalized spacial score (nSPS) is 18.8. The van der Waals surface area contributed by atoms with Crippen molar-refractivity contribution in [1.82, 2.24) is 9.97 Å². The van der Waals surface area contributed by atoms with Crippen LogP contribution in [-0.4, -0.2) is 33.4 Å². The molecule has 0 radical (unpaired) electrons. The van der Waals surface area contributed by atoms with Crippen LogP contribution >= 0.6 is 11.3 Å². The van der Waals surface area contributed by atoms with Gasteiger partial charge in [-0.3, -0.25) is 19.5 Å². The zero-order valence-electron chi connectivity index (χ0n) is 20.3. The van der Waals surface area contributed by atoms with Gasteiger partial charge in [0.05, 0.1) is 28.4 Å². The molecule has 186 valence electrons. The van der Waals surface area contributed by atoms with Crippen LogP contribution in [0.15, 0.2) is 66.5 Å². The van der Waals surface area contributed by atoms with E-state index in [2.05, 4.69) is 9.97 Å². The molecule has 0 bridgehead atoms. The fourth-order valence-electron chi connectivity index (χ4n) is 5.17. The van der Waals surface area contributed by atoms with E-state index in [0.29, 0.717) is 34.1 Å². The number of thiazole rings is 1. The number of fused-ring (bicyclic) bond motifs is 2. The number of nitrogens with zero attached hydrogens (tertiary/aromatic N) is 3. The molecule has 2 aromatic carbocycles. The van der Waals surface area contributed by atoms with Gasteiger partial charge < -0.3 is 9.84 Å². The Kier molecular flexibility index (Phi) is 5.96. The summed E-state index contributed by atoms with van der Waals surface area (Å²) in [5.41, 5.74) is 4.35. The Morgan fingerprint density at radius 2 is 1.95 bits per heavy atom. The van der Waals surface area contributed by atoms with E-state index in [1.54, 1.807) is 24.5 Å². The molecule has 1 atom stereocenters. The van der Waals surface area contributed by atoms with Crippen molar-refractivity contribution in [2.45, 2.75) is 38.6 Å². The number of aryl methyl sites for hydroxylation is 2. The van der Waals surface area contributed by atoms with Gasteiger partial charge in [-0.2, -0.15) is 0 Å². The maximum atomic E-state index is 13.5. The predicted octanol–water partition coefficient (Wildman–Crippen LogP) is 5.60. The largest absolute Gasteiger partial charge is 0.507 e. The van der Waals surface area contributed by atoms with Gasteiger partial charge >= 0.3 is 5.91 Å². The maximum absolute atomic E-state index is 13.5. The summed E-state index contributed by atoms with van der Waals surface area (Å²) in [4.78, 5) is 37.2. The third kappa shape index (κ3) is 4.07. The molecule has 6 rings (SSSR count). The van der Waals surface area contributed by atoms with E-state index in [0.717, 1.165) is 30.4 Å². The highest BCUT2D eigenvalue weighted by atomic mass is 32.1. The topological polar surface area (TPSA) is 92.6 Å². The molecule has 1 amide bonds. The lowest BCUT2D eigenvalue weighted by atomic mass is 9.89. The second kappa shape index (κ2) is 9.44. The standard InChI is InChI=1S/C29H25N3O4S/c1-2-36-21-11-12-22-23(15-21)37-29(31-22)32-25(20-8-5-13-30-16-20)24(27(34)28(32)35)26(33)19-10-9-17-6-3-4-7-18(17)14-19/h5,8-16,25,33H,2-4,6-7H2,1H3/b26-24+. The average Bonchev–Trinajstić information content (AvgIpc) is 3.46. The van der Waals surface area contributed by atoms with Crippen LogP contribution in [0.5, 0.6) is 5.75 Å². The number of ketones is 1. The van der Waals surface area contributed by atoms with Crippen LogP contribution in [0.3, 0.4) is 0 Å². The molecule has 37 heavy (non-hydrogen) atoms. The maximum Gasteiger partial charge on any atom is 0.301 e. The quantitative estimate of drug-likeness (QED) is 0.213. The number of hydrogen-bond donors (Lipinski definition) is 1. The minimum Gasteiger partial charge on any atom is -0.507 e. The van der Waals surface area contributed by atoms with Crippen LogP contribution < -0.4 is 9.64 Å². The Balaban J connectivity index is 1.50. The Morgan fingerprint density at radius 3 is 2.73 bits per heavy atom. The lowest BCUT2D eigenvalue weighted by Gasteiger charge is -2.23.